The molecule has 4 nitrogen and oxygen atoms in total. The summed E-state index contributed by atoms with van der Waals surface area (Å²) >= 11 is 0. The van der Waals surface area contributed by atoms with Crippen molar-refractivity contribution in [3.63, 3.8) is 0 Å². The first-order chi connectivity index (χ1) is 7.24. The van der Waals surface area contributed by atoms with Crippen molar-refractivity contribution in [3.05, 3.63) is 40.9 Å². The Bertz CT molecular complexity index is 516. The van der Waals surface area contributed by atoms with Crippen molar-refractivity contribution >= 4 is 23.4 Å². The highest BCUT2D eigenvalue weighted by molar-refractivity contribution is 6.67. The van der Waals surface area contributed by atoms with E-state index in [9.17, 15) is 9.93 Å². The van der Waals surface area contributed by atoms with Gasteiger partial charge in [0, 0.05) is 6.20 Å². The van der Waals surface area contributed by atoms with Crippen LogP contribution in [0.3, 0.4) is 0 Å². The summed E-state index contributed by atoms with van der Waals surface area (Å²) in [6.07, 6.45) is 1.67. The van der Waals surface area contributed by atoms with Gasteiger partial charge in [-0.25, -0.2) is 0 Å². The van der Waals surface area contributed by atoms with Crippen LogP contribution in [0, 0.1) is 11.8 Å². The van der Waals surface area contributed by atoms with E-state index in [0.29, 0.717) is 5.46 Å². The molecule has 0 spiro atoms. The Balaban J connectivity index is 2.79. The molecule has 0 radical (unpaired) electrons. The minimum Gasteiger partial charge on any atom is -0.425 e. The molecule has 0 aliphatic carbocycles. The van der Waals surface area contributed by atoms with Crippen LogP contribution in [-0.2, 0) is 0 Å². The molecule has 0 bridgehead atoms. The maximum Gasteiger partial charge on any atom is 0.518 e. The molecule has 5 heteroatoms. The lowest BCUT2D eigenvalue weighted by Gasteiger charge is -2.07. The Hall–Kier alpha value is -1.75. The Morgan fingerprint density at radius 3 is 2.93 bits per heavy atom. The van der Waals surface area contributed by atoms with Gasteiger partial charge >= 0.3 is 7.05 Å². The first kappa shape index (κ1) is 9.80. The lowest BCUT2D eigenvalue weighted by atomic mass is 9.71. The van der Waals surface area contributed by atoms with Gasteiger partial charge in [-0.3, -0.25) is 4.98 Å². The summed E-state index contributed by atoms with van der Waals surface area (Å²) < 4.78 is 0. The third-order valence-corrected chi connectivity index (χ3v) is 2.40. The number of aromatic nitrogens is 1. The van der Waals surface area contributed by atoms with Gasteiger partial charge < -0.3 is 5.02 Å². The monoisotopic (exact) mass is 200 g/mol. The molecule has 1 aromatic heterocycles. The van der Waals surface area contributed by atoms with Crippen molar-refractivity contribution in [2.45, 2.75) is 6.92 Å². The van der Waals surface area contributed by atoms with E-state index in [2.05, 4.69) is 10.1 Å². The maximum atomic E-state index is 10.4. The second kappa shape index (κ2) is 3.78. The zero-order valence-electron chi connectivity index (χ0n) is 8.21. The standard InChI is InChI=1S/C10H9BN2O2/c1-7-4-5-9-8(3-2-6-12-9)10(7)11(14)13-15/h2-6,14H,1H3. The minimum atomic E-state index is -1.32. The molecule has 0 aliphatic rings. The number of aryl methyl sites for hydroxylation is 1. The van der Waals surface area contributed by atoms with E-state index in [4.69, 9.17) is 0 Å². The van der Waals surface area contributed by atoms with Crippen molar-refractivity contribution in [1.82, 2.24) is 4.98 Å². The van der Waals surface area contributed by atoms with Gasteiger partial charge in [-0.1, -0.05) is 22.8 Å². The molecule has 2 aromatic rings. The average Bonchev–Trinajstić information content (AvgIpc) is 2.28. The lowest BCUT2D eigenvalue weighted by molar-refractivity contribution is 0.587. The molecule has 0 saturated carbocycles. The molecule has 1 heterocycles. The van der Waals surface area contributed by atoms with Crippen LogP contribution in [0.1, 0.15) is 5.56 Å². The Morgan fingerprint density at radius 1 is 1.40 bits per heavy atom. The lowest BCUT2D eigenvalue weighted by Crippen LogP contribution is -2.31. The van der Waals surface area contributed by atoms with Crippen molar-refractivity contribution in [2.75, 3.05) is 0 Å². The van der Waals surface area contributed by atoms with Crippen molar-refractivity contribution in [2.24, 2.45) is 5.09 Å². The first-order valence-electron chi connectivity index (χ1n) is 4.59. The number of nitrogens with zero attached hydrogens (tertiary/aromatic N) is 2. The fourth-order valence-corrected chi connectivity index (χ4v) is 1.68. The van der Waals surface area contributed by atoms with Gasteiger partial charge in [0.1, 0.15) is 0 Å². The molecule has 0 unspecified atom stereocenters. The highest BCUT2D eigenvalue weighted by Gasteiger charge is 2.21. The van der Waals surface area contributed by atoms with Gasteiger partial charge in [-0.2, -0.15) is 4.91 Å². The summed E-state index contributed by atoms with van der Waals surface area (Å²) in [6, 6.07) is 7.26. The molecule has 0 aliphatic heterocycles. The van der Waals surface area contributed by atoms with Gasteiger partial charge in [0.15, 0.2) is 0 Å². The van der Waals surface area contributed by atoms with E-state index in [1.807, 2.05) is 25.1 Å². The summed E-state index contributed by atoms with van der Waals surface area (Å²) in [4.78, 5) is 14.5. The fraction of sp³-hybridized carbons (Fsp3) is 0.100. The Labute approximate surface area is 87.1 Å². The molecule has 0 saturated heterocycles. The van der Waals surface area contributed by atoms with E-state index >= 15 is 0 Å². The predicted molar refractivity (Wildman–Crippen MR) is 59.9 cm³/mol. The van der Waals surface area contributed by atoms with Gasteiger partial charge in [0.2, 0.25) is 0 Å². The minimum absolute atomic E-state index is 0.538. The number of nitroso groups, excluding NO2 is 1. The zero-order valence-corrected chi connectivity index (χ0v) is 8.21. The van der Waals surface area contributed by atoms with Crippen LogP contribution in [0.4, 0.5) is 0 Å². The number of benzene rings is 1. The van der Waals surface area contributed by atoms with Crippen LogP contribution in [0.5, 0.6) is 0 Å². The van der Waals surface area contributed by atoms with Crippen molar-refractivity contribution < 1.29 is 5.02 Å². The largest absolute Gasteiger partial charge is 0.518 e. The molecular formula is C10H9BN2O2. The summed E-state index contributed by atoms with van der Waals surface area (Å²) in [5.74, 6) is 0. The van der Waals surface area contributed by atoms with Gasteiger partial charge in [0.05, 0.1) is 5.52 Å². The number of hydrogen-bond donors (Lipinski definition) is 1. The van der Waals surface area contributed by atoms with Crippen LogP contribution < -0.4 is 5.46 Å². The Kier molecular flexibility index (Phi) is 2.47. The average molecular weight is 200 g/mol. The SMILES string of the molecule is Cc1ccc2ncccc2c1B(O)N=O. The zero-order chi connectivity index (χ0) is 10.8. The maximum absolute atomic E-state index is 10.4. The molecule has 1 N–H and O–H groups in total. The van der Waals surface area contributed by atoms with Gasteiger partial charge in [0.25, 0.3) is 0 Å². The highest BCUT2D eigenvalue weighted by atomic mass is 16.3. The topological polar surface area (TPSA) is 62.6 Å². The number of hydrogen-bond acceptors (Lipinski definition) is 4. The van der Waals surface area contributed by atoms with E-state index in [1.54, 1.807) is 12.3 Å². The van der Waals surface area contributed by atoms with Crippen LogP contribution in [0.2, 0.25) is 0 Å². The van der Waals surface area contributed by atoms with Crippen LogP contribution >= 0.6 is 0 Å². The molecule has 15 heavy (non-hydrogen) atoms. The quantitative estimate of drug-likeness (QED) is 0.580. The van der Waals surface area contributed by atoms with E-state index in [1.165, 1.54) is 0 Å². The van der Waals surface area contributed by atoms with Crippen molar-refractivity contribution in [1.29, 1.82) is 0 Å². The van der Waals surface area contributed by atoms with Crippen molar-refractivity contribution in [3.8, 4) is 0 Å². The summed E-state index contributed by atoms with van der Waals surface area (Å²) in [7, 11) is -1.32. The molecular weight excluding hydrogens is 191 g/mol. The molecule has 1 aromatic carbocycles. The van der Waals surface area contributed by atoms with E-state index in [-0.39, 0.29) is 0 Å². The first-order valence-corrected chi connectivity index (χ1v) is 4.59. The summed E-state index contributed by atoms with van der Waals surface area (Å²) in [5.41, 5.74) is 2.12. The van der Waals surface area contributed by atoms with E-state index in [0.717, 1.165) is 16.5 Å². The Morgan fingerprint density at radius 2 is 2.20 bits per heavy atom. The van der Waals surface area contributed by atoms with Gasteiger partial charge in [-0.15, -0.1) is 0 Å². The summed E-state index contributed by atoms with van der Waals surface area (Å²) in [5, 5.41) is 12.9. The third kappa shape index (κ3) is 1.61. The molecule has 0 amide bonds. The molecule has 0 fully saturated rings. The normalized spacial score (nSPS) is 10.3. The molecule has 74 valence electrons. The van der Waals surface area contributed by atoms with E-state index < -0.39 is 7.05 Å². The second-order valence-electron chi connectivity index (χ2n) is 3.35. The number of pyridine rings is 1. The molecule has 0 atom stereocenters. The van der Waals surface area contributed by atoms with Crippen LogP contribution in [-0.4, -0.2) is 17.1 Å². The highest BCUT2D eigenvalue weighted by Crippen LogP contribution is 2.11. The number of fused-ring (bicyclic) bond motifs is 1. The fourth-order valence-electron chi connectivity index (χ4n) is 1.68. The second-order valence-corrected chi connectivity index (χ2v) is 3.35. The summed E-state index contributed by atoms with van der Waals surface area (Å²) in [6.45, 7) is 1.83. The third-order valence-electron chi connectivity index (χ3n) is 2.40. The van der Waals surface area contributed by atoms with Crippen LogP contribution in [0.25, 0.3) is 10.9 Å². The van der Waals surface area contributed by atoms with Gasteiger partial charge in [-0.05, 0) is 29.9 Å². The van der Waals surface area contributed by atoms with Crippen LogP contribution in [0.15, 0.2) is 35.6 Å². The number of rotatable bonds is 2. The molecule has 2 rings (SSSR count). The predicted octanol–water partition coefficient (Wildman–Crippen LogP) is 0.997. The smallest absolute Gasteiger partial charge is 0.425 e.